The fraction of sp³-hybridized carbons (Fsp3) is 0.471. The first-order valence-corrected chi connectivity index (χ1v) is 8.48. The standard InChI is InChI=1S/C17H24N6O/c1-2-21-9-6-10-22(12-11-21)17(24)18-13-15-14-23(20-19-15)16-7-4-3-5-8-16/h3-5,7-8,14H,2,6,9-13H2,1H3,(H,18,24). The van der Waals surface area contributed by atoms with Crippen molar-refractivity contribution in [2.24, 2.45) is 0 Å². The molecule has 1 aromatic heterocycles. The van der Waals surface area contributed by atoms with Gasteiger partial charge in [-0.2, -0.15) is 0 Å². The molecule has 1 N–H and O–H groups in total. The number of nitrogens with one attached hydrogen (secondary N) is 1. The van der Waals surface area contributed by atoms with Crippen LogP contribution < -0.4 is 5.32 Å². The number of rotatable bonds is 4. The molecule has 7 nitrogen and oxygen atoms in total. The van der Waals surface area contributed by atoms with Gasteiger partial charge < -0.3 is 15.1 Å². The van der Waals surface area contributed by atoms with Crippen molar-refractivity contribution < 1.29 is 4.79 Å². The zero-order valence-electron chi connectivity index (χ0n) is 14.1. The number of hydrogen-bond donors (Lipinski definition) is 1. The number of amides is 2. The lowest BCUT2D eigenvalue weighted by atomic mass is 10.3. The summed E-state index contributed by atoms with van der Waals surface area (Å²) in [6, 6.07) is 9.78. The van der Waals surface area contributed by atoms with Crippen LogP contribution in [0.2, 0.25) is 0 Å². The smallest absolute Gasteiger partial charge is 0.317 e. The van der Waals surface area contributed by atoms with Gasteiger partial charge in [-0.05, 0) is 31.6 Å². The van der Waals surface area contributed by atoms with Crippen LogP contribution >= 0.6 is 0 Å². The maximum atomic E-state index is 12.3. The van der Waals surface area contributed by atoms with E-state index in [1.165, 1.54) is 0 Å². The summed E-state index contributed by atoms with van der Waals surface area (Å²) in [6.07, 6.45) is 2.86. The fourth-order valence-electron chi connectivity index (χ4n) is 2.85. The Morgan fingerprint density at radius 2 is 2.00 bits per heavy atom. The molecule has 1 aliphatic heterocycles. The Balaban J connectivity index is 1.52. The number of hydrogen-bond acceptors (Lipinski definition) is 4. The van der Waals surface area contributed by atoms with Crippen molar-refractivity contribution in [3.05, 3.63) is 42.2 Å². The number of aromatic nitrogens is 3. The molecule has 24 heavy (non-hydrogen) atoms. The fourth-order valence-corrected chi connectivity index (χ4v) is 2.85. The number of para-hydroxylation sites is 1. The van der Waals surface area contributed by atoms with E-state index < -0.39 is 0 Å². The van der Waals surface area contributed by atoms with Gasteiger partial charge in [0.25, 0.3) is 0 Å². The Hall–Kier alpha value is -2.41. The van der Waals surface area contributed by atoms with Gasteiger partial charge in [0.05, 0.1) is 18.4 Å². The van der Waals surface area contributed by atoms with Crippen LogP contribution in [0.25, 0.3) is 5.69 Å². The maximum Gasteiger partial charge on any atom is 0.317 e. The van der Waals surface area contributed by atoms with Gasteiger partial charge in [-0.1, -0.05) is 30.3 Å². The number of benzene rings is 1. The molecule has 0 saturated carbocycles. The molecule has 3 rings (SSSR count). The zero-order chi connectivity index (χ0) is 16.8. The second kappa shape index (κ2) is 7.92. The average molecular weight is 328 g/mol. The van der Waals surface area contributed by atoms with E-state index in [2.05, 4.69) is 27.5 Å². The quantitative estimate of drug-likeness (QED) is 0.924. The van der Waals surface area contributed by atoms with Crippen LogP contribution in [-0.2, 0) is 6.54 Å². The van der Waals surface area contributed by atoms with Gasteiger partial charge in [-0.3, -0.25) is 0 Å². The first-order chi connectivity index (χ1) is 11.8. The molecular weight excluding hydrogens is 304 g/mol. The first-order valence-electron chi connectivity index (χ1n) is 8.48. The van der Waals surface area contributed by atoms with Crippen molar-refractivity contribution in [1.29, 1.82) is 0 Å². The minimum absolute atomic E-state index is 0.0257. The summed E-state index contributed by atoms with van der Waals surface area (Å²) in [5.41, 5.74) is 1.70. The molecule has 1 saturated heterocycles. The number of nitrogens with zero attached hydrogens (tertiary/aromatic N) is 5. The molecule has 0 unspecified atom stereocenters. The lowest BCUT2D eigenvalue weighted by molar-refractivity contribution is 0.198. The second-order valence-electron chi connectivity index (χ2n) is 5.92. The van der Waals surface area contributed by atoms with E-state index in [4.69, 9.17) is 0 Å². The van der Waals surface area contributed by atoms with Crippen molar-refractivity contribution in [3.63, 3.8) is 0 Å². The van der Waals surface area contributed by atoms with Crippen molar-refractivity contribution in [1.82, 2.24) is 30.1 Å². The summed E-state index contributed by atoms with van der Waals surface area (Å²) < 4.78 is 1.71. The molecule has 128 valence electrons. The lowest BCUT2D eigenvalue weighted by Gasteiger charge is -2.21. The van der Waals surface area contributed by atoms with Crippen LogP contribution in [0.1, 0.15) is 19.0 Å². The molecule has 1 aliphatic rings. The first kappa shape index (κ1) is 16.4. The highest BCUT2D eigenvalue weighted by Gasteiger charge is 2.18. The number of likely N-dealkylation sites (N-methyl/N-ethyl adjacent to an activating group) is 1. The van der Waals surface area contributed by atoms with Gasteiger partial charge in [0.15, 0.2) is 0 Å². The molecule has 0 radical (unpaired) electrons. The van der Waals surface area contributed by atoms with Crippen molar-refractivity contribution in [2.45, 2.75) is 19.9 Å². The predicted octanol–water partition coefficient (Wildman–Crippen LogP) is 1.50. The summed E-state index contributed by atoms with van der Waals surface area (Å²) in [4.78, 5) is 16.6. The van der Waals surface area contributed by atoms with Gasteiger partial charge >= 0.3 is 6.03 Å². The number of carbonyl (C=O) groups is 1. The molecule has 1 aromatic carbocycles. The Kier molecular flexibility index (Phi) is 5.43. The van der Waals surface area contributed by atoms with E-state index >= 15 is 0 Å². The van der Waals surface area contributed by atoms with Crippen LogP contribution in [0.5, 0.6) is 0 Å². The third-order valence-electron chi connectivity index (χ3n) is 4.31. The maximum absolute atomic E-state index is 12.3. The van der Waals surface area contributed by atoms with E-state index in [1.807, 2.05) is 41.4 Å². The summed E-state index contributed by atoms with van der Waals surface area (Å²) in [6.45, 7) is 7.17. The third-order valence-corrected chi connectivity index (χ3v) is 4.31. The van der Waals surface area contributed by atoms with Crippen molar-refractivity contribution in [3.8, 4) is 5.69 Å². The molecule has 2 aromatic rings. The molecule has 2 heterocycles. The Bertz CT molecular complexity index is 656. The minimum Gasteiger partial charge on any atom is -0.332 e. The van der Waals surface area contributed by atoms with Crippen LogP contribution in [-0.4, -0.2) is 63.5 Å². The van der Waals surface area contributed by atoms with Gasteiger partial charge in [0, 0.05) is 19.6 Å². The Morgan fingerprint density at radius 3 is 2.79 bits per heavy atom. The monoisotopic (exact) mass is 328 g/mol. The highest BCUT2D eigenvalue weighted by atomic mass is 16.2. The van der Waals surface area contributed by atoms with Gasteiger partial charge in [0.2, 0.25) is 0 Å². The zero-order valence-corrected chi connectivity index (χ0v) is 14.1. The van der Waals surface area contributed by atoms with Crippen LogP contribution in [0.15, 0.2) is 36.5 Å². The molecular formula is C17H24N6O. The average Bonchev–Trinajstić information content (AvgIpc) is 2.97. The van der Waals surface area contributed by atoms with Crippen LogP contribution in [0.4, 0.5) is 4.79 Å². The molecule has 0 bridgehead atoms. The normalized spacial score (nSPS) is 16.0. The Labute approximate surface area is 142 Å². The van der Waals surface area contributed by atoms with Gasteiger partial charge in [0.1, 0.15) is 5.69 Å². The number of carbonyl (C=O) groups excluding carboxylic acids is 1. The highest BCUT2D eigenvalue weighted by Crippen LogP contribution is 2.06. The van der Waals surface area contributed by atoms with Gasteiger partial charge in [-0.15, -0.1) is 5.10 Å². The Morgan fingerprint density at radius 1 is 1.17 bits per heavy atom. The molecule has 0 spiro atoms. The summed E-state index contributed by atoms with van der Waals surface area (Å²) in [5.74, 6) is 0. The lowest BCUT2D eigenvalue weighted by Crippen LogP contribution is -2.41. The SMILES string of the molecule is CCN1CCCN(C(=O)NCc2cn(-c3ccccc3)nn2)CC1. The van der Waals surface area contributed by atoms with E-state index in [9.17, 15) is 4.79 Å². The topological polar surface area (TPSA) is 66.3 Å². The van der Waals surface area contributed by atoms with Crippen molar-refractivity contribution in [2.75, 3.05) is 32.7 Å². The molecule has 2 amide bonds. The summed E-state index contributed by atoms with van der Waals surface area (Å²) >= 11 is 0. The van der Waals surface area contributed by atoms with Gasteiger partial charge in [-0.25, -0.2) is 9.48 Å². The largest absolute Gasteiger partial charge is 0.332 e. The number of urea groups is 1. The third kappa shape index (κ3) is 4.11. The van der Waals surface area contributed by atoms with E-state index in [-0.39, 0.29) is 6.03 Å². The summed E-state index contributed by atoms with van der Waals surface area (Å²) in [5, 5.41) is 11.2. The summed E-state index contributed by atoms with van der Waals surface area (Å²) in [7, 11) is 0. The molecule has 0 aliphatic carbocycles. The molecule has 7 heteroatoms. The molecule has 1 fully saturated rings. The predicted molar refractivity (Wildman–Crippen MR) is 91.9 cm³/mol. The van der Waals surface area contributed by atoms with Crippen molar-refractivity contribution >= 4 is 6.03 Å². The van der Waals surface area contributed by atoms with Crippen LogP contribution in [0, 0.1) is 0 Å². The van der Waals surface area contributed by atoms with E-state index in [1.54, 1.807) is 4.68 Å². The molecule has 0 atom stereocenters. The minimum atomic E-state index is -0.0257. The van der Waals surface area contributed by atoms with E-state index in [0.717, 1.165) is 50.5 Å². The second-order valence-corrected chi connectivity index (χ2v) is 5.92. The van der Waals surface area contributed by atoms with Crippen LogP contribution in [0.3, 0.4) is 0 Å². The van der Waals surface area contributed by atoms with E-state index in [0.29, 0.717) is 6.54 Å². The highest BCUT2D eigenvalue weighted by molar-refractivity contribution is 5.74.